The van der Waals surface area contributed by atoms with Gasteiger partial charge in [0, 0.05) is 36.3 Å². The second kappa shape index (κ2) is 14.5. The number of amides is 2. The molecule has 0 saturated heterocycles. The first kappa shape index (κ1) is 28.3. The number of nitrogens with zero attached hydrogens (tertiary/aromatic N) is 1. The Labute approximate surface area is 240 Å². The first-order valence-electron chi connectivity index (χ1n) is 13.5. The number of benzene rings is 4. The Balaban J connectivity index is 1.72. The van der Waals surface area contributed by atoms with Crippen molar-refractivity contribution in [2.45, 2.75) is 44.7 Å². The van der Waals surface area contributed by atoms with Crippen LogP contribution in [-0.4, -0.2) is 29.3 Å². The number of carbonyl (C=O) groups is 2. The van der Waals surface area contributed by atoms with Crippen LogP contribution in [0.15, 0.2) is 120 Å². The molecule has 4 aromatic rings. The van der Waals surface area contributed by atoms with E-state index in [0.29, 0.717) is 19.5 Å². The highest BCUT2D eigenvalue weighted by molar-refractivity contribution is 9.10. The van der Waals surface area contributed by atoms with E-state index in [9.17, 15) is 9.59 Å². The highest BCUT2D eigenvalue weighted by atomic mass is 79.9. The Bertz CT molecular complexity index is 1290. The molecular formula is C34H35BrN2O2. The highest BCUT2D eigenvalue weighted by Gasteiger charge is 2.32. The quantitative estimate of drug-likeness (QED) is 0.193. The minimum absolute atomic E-state index is 0.0553. The van der Waals surface area contributed by atoms with Crippen LogP contribution < -0.4 is 5.32 Å². The standard InChI is InChI=1S/C34H35BrN2O2/c1-2-21-36-34(39)32(23-26-13-6-3-7-14-26)37(25-27-15-12-20-30(35)22-27)33(38)24-31(28-16-8-4-9-17-28)29-18-10-5-11-19-29/h3-20,22,31-32H,2,21,23-25H2,1H3,(H,36,39)/t32-/m0/s1. The van der Waals surface area contributed by atoms with Gasteiger partial charge in [-0.3, -0.25) is 9.59 Å². The van der Waals surface area contributed by atoms with Gasteiger partial charge in [0.25, 0.3) is 0 Å². The molecule has 39 heavy (non-hydrogen) atoms. The second-order valence-electron chi connectivity index (χ2n) is 9.73. The van der Waals surface area contributed by atoms with Gasteiger partial charge in [-0.2, -0.15) is 0 Å². The van der Waals surface area contributed by atoms with Gasteiger partial charge in [0.15, 0.2) is 0 Å². The molecule has 0 unspecified atom stereocenters. The molecular weight excluding hydrogens is 548 g/mol. The van der Waals surface area contributed by atoms with Crippen molar-refractivity contribution in [1.29, 1.82) is 0 Å². The lowest BCUT2D eigenvalue weighted by Gasteiger charge is -2.33. The van der Waals surface area contributed by atoms with Gasteiger partial charge < -0.3 is 10.2 Å². The lowest BCUT2D eigenvalue weighted by molar-refractivity contribution is -0.141. The Morgan fingerprint density at radius 3 is 1.90 bits per heavy atom. The summed E-state index contributed by atoms with van der Waals surface area (Å²) >= 11 is 3.56. The van der Waals surface area contributed by atoms with Crippen LogP contribution in [0.3, 0.4) is 0 Å². The van der Waals surface area contributed by atoms with Crippen LogP contribution in [0.5, 0.6) is 0 Å². The number of carbonyl (C=O) groups excluding carboxylic acids is 2. The Morgan fingerprint density at radius 1 is 0.769 bits per heavy atom. The van der Waals surface area contributed by atoms with Crippen molar-refractivity contribution >= 4 is 27.7 Å². The van der Waals surface area contributed by atoms with Crippen LogP contribution in [0.2, 0.25) is 0 Å². The molecule has 0 aliphatic rings. The van der Waals surface area contributed by atoms with Crippen molar-refractivity contribution < 1.29 is 9.59 Å². The maximum Gasteiger partial charge on any atom is 0.243 e. The van der Waals surface area contributed by atoms with Crippen molar-refractivity contribution in [3.8, 4) is 0 Å². The third-order valence-corrected chi connectivity index (χ3v) is 7.34. The van der Waals surface area contributed by atoms with Crippen LogP contribution in [0, 0.1) is 0 Å². The molecule has 5 heteroatoms. The van der Waals surface area contributed by atoms with E-state index in [0.717, 1.165) is 33.1 Å². The first-order chi connectivity index (χ1) is 19.0. The number of hydrogen-bond acceptors (Lipinski definition) is 2. The number of halogens is 1. The summed E-state index contributed by atoms with van der Waals surface area (Å²) in [6.07, 6.45) is 1.53. The molecule has 4 aromatic carbocycles. The molecule has 0 aromatic heterocycles. The van der Waals surface area contributed by atoms with Gasteiger partial charge in [0.2, 0.25) is 11.8 Å². The lowest BCUT2D eigenvalue weighted by atomic mass is 9.87. The number of hydrogen-bond donors (Lipinski definition) is 1. The summed E-state index contributed by atoms with van der Waals surface area (Å²) in [5, 5.41) is 3.06. The zero-order valence-corrected chi connectivity index (χ0v) is 23.9. The Kier molecular flexibility index (Phi) is 10.5. The molecule has 4 rings (SSSR count). The third kappa shape index (κ3) is 8.14. The number of rotatable bonds is 12. The summed E-state index contributed by atoms with van der Waals surface area (Å²) in [7, 11) is 0. The third-order valence-electron chi connectivity index (χ3n) is 6.84. The first-order valence-corrected chi connectivity index (χ1v) is 14.3. The van der Waals surface area contributed by atoms with Crippen LogP contribution in [0.4, 0.5) is 0 Å². The molecule has 0 aliphatic carbocycles. The molecule has 0 bridgehead atoms. The molecule has 0 aliphatic heterocycles. The van der Waals surface area contributed by atoms with Gasteiger partial charge >= 0.3 is 0 Å². The summed E-state index contributed by atoms with van der Waals surface area (Å²) in [5.41, 5.74) is 4.14. The fourth-order valence-electron chi connectivity index (χ4n) is 4.84. The van der Waals surface area contributed by atoms with E-state index in [-0.39, 0.29) is 24.2 Å². The predicted octanol–water partition coefficient (Wildman–Crippen LogP) is 7.14. The van der Waals surface area contributed by atoms with E-state index in [4.69, 9.17) is 0 Å². The average molecular weight is 584 g/mol. The zero-order chi connectivity index (χ0) is 27.5. The molecule has 2 amide bonds. The van der Waals surface area contributed by atoms with Gasteiger partial charge in [0.1, 0.15) is 6.04 Å². The van der Waals surface area contributed by atoms with Gasteiger partial charge in [0.05, 0.1) is 0 Å². The summed E-state index contributed by atoms with van der Waals surface area (Å²) in [6.45, 7) is 2.94. The second-order valence-corrected chi connectivity index (χ2v) is 10.6. The highest BCUT2D eigenvalue weighted by Crippen LogP contribution is 2.30. The predicted molar refractivity (Wildman–Crippen MR) is 161 cm³/mol. The maximum absolute atomic E-state index is 14.3. The Morgan fingerprint density at radius 2 is 1.33 bits per heavy atom. The molecule has 0 heterocycles. The zero-order valence-electron chi connectivity index (χ0n) is 22.3. The molecule has 0 fully saturated rings. The molecule has 4 nitrogen and oxygen atoms in total. The average Bonchev–Trinajstić information content (AvgIpc) is 2.97. The van der Waals surface area contributed by atoms with Crippen LogP contribution in [0.25, 0.3) is 0 Å². The fraction of sp³-hybridized carbons (Fsp3) is 0.235. The maximum atomic E-state index is 14.3. The normalized spacial score (nSPS) is 11.7. The van der Waals surface area contributed by atoms with Crippen LogP contribution in [-0.2, 0) is 22.6 Å². The van der Waals surface area contributed by atoms with E-state index < -0.39 is 6.04 Å². The van der Waals surface area contributed by atoms with E-state index in [1.54, 1.807) is 4.90 Å². The van der Waals surface area contributed by atoms with Gasteiger partial charge in [-0.05, 0) is 40.8 Å². The minimum atomic E-state index is -0.641. The lowest BCUT2D eigenvalue weighted by Crippen LogP contribution is -2.50. The smallest absolute Gasteiger partial charge is 0.243 e. The number of nitrogens with one attached hydrogen (secondary N) is 1. The monoisotopic (exact) mass is 582 g/mol. The van der Waals surface area contributed by atoms with E-state index in [1.165, 1.54) is 0 Å². The topological polar surface area (TPSA) is 49.4 Å². The van der Waals surface area contributed by atoms with E-state index >= 15 is 0 Å². The van der Waals surface area contributed by atoms with Crippen LogP contribution in [0.1, 0.15) is 47.9 Å². The summed E-state index contributed by atoms with van der Waals surface area (Å²) < 4.78 is 0.939. The van der Waals surface area contributed by atoms with Gasteiger partial charge in [-0.25, -0.2) is 0 Å². The molecule has 0 saturated carbocycles. The molecule has 0 radical (unpaired) electrons. The van der Waals surface area contributed by atoms with Crippen LogP contribution >= 0.6 is 15.9 Å². The van der Waals surface area contributed by atoms with Crippen molar-refractivity contribution in [3.63, 3.8) is 0 Å². The Hall–Kier alpha value is -3.70. The summed E-state index contributed by atoms with van der Waals surface area (Å²) in [6, 6.07) is 37.5. The minimum Gasteiger partial charge on any atom is -0.354 e. The molecule has 200 valence electrons. The van der Waals surface area contributed by atoms with Gasteiger partial charge in [-0.1, -0.05) is 126 Å². The summed E-state index contributed by atoms with van der Waals surface area (Å²) in [5.74, 6) is -0.304. The van der Waals surface area contributed by atoms with E-state index in [2.05, 4.69) is 45.5 Å². The van der Waals surface area contributed by atoms with Crippen molar-refractivity contribution in [2.75, 3.05) is 6.54 Å². The largest absolute Gasteiger partial charge is 0.354 e. The van der Waals surface area contributed by atoms with E-state index in [1.807, 2.05) is 97.9 Å². The van der Waals surface area contributed by atoms with Crippen molar-refractivity contribution in [2.24, 2.45) is 0 Å². The molecule has 1 atom stereocenters. The molecule has 0 spiro atoms. The van der Waals surface area contributed by atoms with Gasteiger partial charge in [-0.15, -0.1) is 0 Å². The van der Waals surface area contributed by atoms with Crippen molar-refractivity contribution in [1.82, 2.24) is 10.2 Å². The summed E-state index contributed by atoms with van der Waals surface area (Å²) in [4.78, 5) is 29.7. The SMILES string of the molecule is CCCNC(=O)[C@H](Cc1ccccc1)N(Cc1cccc(Br)c1)C(=O)CC(c1ccccc1)c1ccccc1. The van der Waals surface area contributed by atoms with Crippen molar-refractivity contribution in [3.05, 3.63) is 142 Å². The molecule has 1 N–H and O–H groups in total. The fourth-order valence-corrected chi connectivity index (χ4v) is 5.29.